The van der Waals surface area contributed by atoms with Gasteiger partial charge in [-0.2, -0.15) is 8.42 Å². The maximum Gasteiger partial charge on any atom is 1.00 e. The van der Waals surface area contributed by atoms with Crippen LogP contribution in [0.25, 0.3) is 0 Å². The van der Waals surface area contributed by atoms with E-state index < -0.39 is 20.8 Å². The molecule has 0 rings (SSSR count). The fourth-order valence-corrected chi connectivity index (χ4v) is 0.948. The molecule has 0 aliphatic rings. The van der Waals surface area contributed by atoms with E-state index in [1.54, 1.807) is 0 Å². The molecule has 0 amide bonds. The molecule has 0 aliphatic heterocycles. The van der Waals surface area contributed by atoms with Gasteiger partial charge in [0.2, 0.25) is 10.4 Å². The number of rotatable bonds is 2. The Kier molecular flexibility index (Phi) is 5.31. The summed E-state index contributed by atoms with van der Waals surface area (Å²) in [6.07, 6.45) is 0. The second kappa shape index (κ2) is 3.97. The van der Waals surface area contributed by atoms with Crippen LogP contribution in [0.4, 0.5) is 0 Å². The molecule has 0 bridgehead atoms. The van der Waals surface area contributed by atoms with E-state index in [1.165, 1.54) is 0 Å². The predicted octanol–water partition coefficient (Wildman–Crippen LogP) is -4.73. The van der Waals surface area contributed by atoms with Gasteiger partial charge in [0, 0.05) is 0 Å². The van der Waals surface area contributed by atoms with Gasteiger partial charge in [-0.05, 0) is 0 Å². The van der Waals surface area contributed by atoms with Gasteiger partial charge in [0.1, 0.15) is 0 Å². The van der Waals surface area contributed by atoms with Crippen LogP contribution in [0.3, 0.4) is 0 Å². The fourth-order valence-electron chi connectivity index (χ4n) is 0.105. The molecule has 0 spiro atoms. The molecule has 0 aromatic carbocycles. The molecule has 0 saturated carbocycles. The van der Waals surface area contributed by atoms with E-state index in [0.29, 0.717) is 0 Å². The second-order valence-electron chi connectivity index (χ2n) is 0.904. The van der Waals surface area contributed by atoms with E-state index in [4.69, 9.17) is 4.55 Å². The summed E-state index contributed by atoms with van der Waals surface area (Å²) in [5.74, 6) is 0. The van der Waals surface area contributed by atoms with Crippen molar-refractivity contribution in [1.29, 1.82) is 0 Å². The molecule has 1 N–H and O–H groups in total. The molecule has 10 heteroatoms. The summed E-state index contributed by atoms with van der Waals surface area (Å²) in [6.45, 7) is 0. The Morgan fingerprint density at radius 1 is 1.20 bits per heavy atom. The maximum absolute atomic E-state index is 9.40. The summed E-state index contributed by atoms with van der Waals surface area (Å²) in [5.41, 5.74) is 0. The molecular weight excluding hydrogens is 199 g/mol. The molecule has 0 unspecified atom stereocenters. The monoisotopic (exact) mass is 200 g/mol. The first-order valence-corrected chi connectivity index (χ1v) is 4.05. The SMILES string of the molecule is O=S(=O)([O-])OS(=O)(=O)O.[Na+]. The first kappa shape index (κ1) is 13.4. The van der Waals surface area contributed by atoms with E-state index in [-0.39, 0.29) is 29.6 Å². The van der Waals surface area contributed by atoms with E-state index >= 15 is 0 Å². The van der Waals surface area contributed by atoms with Crippen LogP contribution in [0.5, 0.6) is 0 Å². The van der Waals surface area contributed by atoms with Crippen LogP contribution in [0.2, 0.25) is 0 Å². The predicted molar refractivity (Wildman–Crippen MR) is 22.3 cm³/mol. The molecule has 10 heavy (non-hydrogen) atoms. The van der Waals surface area contributed by atoms with Crippen LogP contribution in [0.1, 0.15) is 0 Å². The quantitative estimate of drug-likeness (QED) is 0.270. The summed E-state index contributed by atoms with van der Waals surface area (Å²) in [4.78, 5) is 0. The Morgan fingerprint density at radius 3 is 1.50 bits per heavy atom. The smallest absolute Gasteiger partial charge is 0.725 e. The molecule has 56 valence electrons. The maximum atomic E-state index is 9.40. The van der Waals surface area contributed by atoms with Gasteiger partial charge < -0.3 is 4.55 Å². The molecule has 0 atom stereocenters. The van der Waals surface area contributed by atoms with E-state index in [1.807, 2.05) is 0 Å². The minimum Gasteiger partial charge on any atom is -0.725 e. The molecule has 0 aliphatic carbocycles. The van der Waals surface area contributed by atoms with Crippen LogP contribution in [-0.2, 0) is 24.4 Å². The van der Waals surface area contributed by atoms with Gasteiger partial charge in [-0.15, -0.1) is 3.63 Å². The standard InChI is InChI=1S/Na.H2O7S2/c;1-8(2,3)7-9(4,5)6/h;(H,1,2,3)(H,4,5,6)/q+1;/p-1. The molecule has 0 aromatic rings. The van der Waals surface area contributed by atoms with Gasteiger partial charge in [-0.1, -0.05) is 0 Å². The zero-order valence-electron chi connectivity index (χ0n) is 4.71. The van der Waals surface area contributed by atoms with Crippen molar-refractivity contribution in [3.63, 3.8) is 0 Å². The van der Waals surface area contributed by atoms with Crippen molar-refractivity contribution in [2.45, 2.75) is 0 Å². The van der Waals surface area contributed by atoms with Gasteiger partial charge in [0.05, 0.1) is 0 Å². The minimum absolute atomic E-state index is 0. The summed E-state index contributed by atoms with van der Waals surface area (Å²) in [6, 6.07) is 0. The van der Waals surface area contributed by atoms with Gasteiger partial charge >= 0.3 is 40.0 Å². The Balaban J connectivity index is 0. The normalized spacial score (nSPS) is 12.2. The Morgan fingerprint density at radius 2 is 1.50 bits per heavy atom. The Bertz CT molecular complexity index is 237. The van der Waals surface area contributed by atoms with Crippen molar-refractivity contribution in [3.05, 3.63) is 0 Å². The first-order chi connectivity index (χ1) is 3.71. The third kappa shape index (κ3) is 11.6. The number of hydrogen-bond donors (Lipinski definition) is 1. The van der Waals surface area contributed by atoms with Crippen molar-refractivity contribution in [1.82, 2.24) is 0 Å². The van der Waals surface area contributed by atoms with Crippen molar-refractivity contribution >= 4 is 20.8 Å². The Hall–Kier alpha value is 0.780. The average molecular weight is 200 g/mol. The van der Waals surface area contributed by atoms with Gasteiger partial charge in [-0.3, -0.25) is 4.55 Å². The van der Waals surface area contributed by atoms with E-state index in [2.05, 4.69) is 3.63 Å². The summed E-state index contributed by atoms with van der Waals surface area (Å²) >= 11 is 0. The molecule has 0 saturated heterocycles. The van der Waals surface area contributed by atoms with Gasteiger partial charge in [0.25, 0.3) is 0 Å². The number of hydrogen-bond acceptors (Lipinski definition) is 6. The molecule has 0 fully saturated rings. The summed E-state index contributed by atoms with van der Waals surface area (Å²) in [7, 11) is -10.6. The first-order valence-electron chi connectivity index (χ1n) is 1.35. The van der Waals surface area contributed by atoms with Crippen LogP contribution >= 0.6 is 0 Å². The molecule has 0 radical (unpaired) electrons. The zero-order chi connectivity index (χ0) is 7.71. The summed E-state index contributed by atoms with van der Waals surface area (Å²) in [5, 5.41) is 0. The molecule has 7 nitrogen and oxygen atoms in total. The average Bonchev–Trinajstić information content (AvgIpc) is 1.14. The van der Waals surface area contributed by atoms with E-state index in [9.17, 15) is 21.4 Å². The molecular formula is HNaO7S2. The van der Waals surface area contributed by atoms with Crippen LogP contribution < -0.4 is 29.6 Å². The van der Waals surface area contributed by atoms with E-state index in [0.717, 1.165) is 0 Å². The van der Waals surface area contributed by atoms with Gasteiger partial charge in [-0.25, -0.2) is 8.42 Å². The second-order valence-corrected chi connectivity index (χ2v) is 3.12. The minimum atomic E-state index is -5.37. The molecule has 0 aromatic heterocycles. The van der Waals surface area contributed by atoms with Crippen LogP contribution in [-0.4, -0.2) is 25.9 Å². The zero-order valence-corrected chi connectivity index (χ0v) is 8.35. The van der Waals surface area contributed by atoms with Crippen molar-refractivity contribution < 1.29 is 59.1 Å². The van der Waals surface area contributed by atoms with Gasteiger partial charge in [0.15, 0.2) is 0 Å². The van der Waals surface area contributed by atoms with Crippen molar-refractivity contribution in [2.24, 2.45) is 0 Å². The largest absolute Gasteiger partial charge is 1.00 e. The van der Waals surface area contributed by atoms with Crippen molar-refractivity contribution in [2.75, 3.05) is 0 Å². The fraction of sp³-hybridized carbons (Fsp3) is 0. The third-order valence-electron chi connectivity index (χ3n) is 0.169. The molecule has 0 heterocycles. The third-order valence-corrected chi connectivity index (χ3v) is 1.52. The van der Waals surface area contributed by atoms with Crippen LogP contribution in [0.15, 0.2) is 0 Å². The van der Waals surface area contributed by atoms with Crippen LogP contribution in [0, 0.1) is 0 Å². The topological polar surface area (TPSA) is 121 Å². The Labute approximate surface area is 79.6 Å². The van der Waals surface area contributed by atoms with Crippen molar-refractivity contribution in [3.8, 4) is 0 Å². The summed E-state index contributed by atoms with van der Waals surface area (Å²) < 4.78 is 56.9.